The molecular weight excluding hydrogens is 497 g/mol. The molecule has 172 valence electrons. The molecule has 1 aromatic rings. The zero-order chi connectivity index (χ0) is 21.3. The summed E-state index contributed by atoms with van der Waals surface area (Å²) in [5, 5.41) is 6.61. The predicted molar refractivity (Wildman–Crippen MR) is 132 cm³/mol. The number of nitrogens with one attached hydrogen (secondary N) is 2. The minimum Gasteiger partial charge on any atom is -0.491 e. The molecule has 30 heavy (non-hydrogen) atoms. The fraction of sp³-hybridized carbons (Fsp3) is 0.636. The average molecular weight is 535 g/mol. The molecule has 0 atom stereocenters. The first kappa shape index (κ1) is 28.5. The molecule has 1 rings (SSSR count). The largest absolute Gasteiger partial charge is 0.491 e. The Morgan fingerprint density at radius 3 is 2.60 bits per heavy atom. The highest BCUT2D eigenvalue weighted by atomic mass is 127. The van der Waals surface area contributed by atoms with Gasteiger partial charge in [-0.1, -0.05) is 18.6 Å². The number of esters is 1. The van der Waals surface area contributed by atoms with Gasteiger partial charge in [-0.25, -0.2) is 4.99 Å². The maximum atomic E-state index is 11.1. The number of carbonyl (C=O) groups is 1. The van der Waals surface area contributed by atoms with Crippen molar-refractivity contribution in [2.24, 2.45) is 4.99 Å². The van der Waals surface area contributed by atoms with E-state index in [1.54, 1.807) is 0 Å². The number of halogens is 1. The van der Waals surface area contributed by atoms with Crippen LogP contribution < -0.4 is 15.4 Å². The van der Waals surface area contributed by atoms with E-state index in [9.17, 15) is 4.79 Å². The summed E-state index contributed by atoms with van der Waals surface area (Å²) < 4.78 is 15.9. The normalized spacial score (nSPS) is 10.9. The molecule has 0 aromatic heterocycles. The first-order valence-electron chi connectivity index (χ1n) is 10.5. The van der Waals surface area contributed by atoms with E-state index in [-0.39, 0.29) is 29.9 Å². The van der Waals surface area contributed by atoms with Gasteiger partial charge in [0.25, 0.3) is 0 Å². The molecule has 0 saturated heterocycles. The lowest BCUT2D eigenvalue weighted by molar-refractivity contribution is -0.140. The minimum atomic E-state index is -0.148. The summed E-state index contributed by atoms with van der Waals surface area (Å²) in [6.45, 7) is 9.98. The van der Waals surface area contributed by atoms with Crippen LogP contribution in [0.15, 0.2) is 23.2 Å². The van der Waals surface area contributed by atoms with Gasteiger partial charge in [0.05, 0.1) is 20.3 Å². The number of unbranched alkanes of at least 4 members (excludes halogenated alkanes) is 2. The standard InChI is InChI=1S/C22H37N3O4.HI/c1-5-23-22(24-13-9-7-8-10-21(26)27-4)25-17-19-12-11-18(3)16-20(19)29-15-14-28-6-2;/h11-12,16H,5-10,13-15,17H2,1-4H3,(H2,23,24,25);1H. The molecule has 0 aliphatic heterocycles. The maximum Gasteiger partial charge on any atom is 0.305 e. The highest BCUT2D eigenvalue weighted by Crippen LogP contribution is 2.21. The summed E-state index contributed by atoms with van der Waals surface area (Å²) in [4.78, 5) is 15.8. The fourth-order valence-electron chi connectivity index (χ4n) is 2.67. The van der Waals surface area contributed by atoms with Crippen LogP contribution in [-0.2, 0) is 20.8 Å². The zero-order valence-corrected chi connectivity index (χ0v) is 21.1. The molecular formula is C22H38IN3O4. The SMILES string of the molecule is CCNC(=NCc1ccc(C)cc1OCCOCC)NCCCCCC(=O)OC.I. The number of nitrogens with zero attached hydrogens (tertiary/aromatic N) is 1. The second-order valence-corrected chi connectivity index (χ2v) is 6.67. The number of ether oxygens (including phenoxy) is 3. The Balaban J connectivity index is 0.00000841. The Hall–Kier alpha value is -1.55. The van der Waals surface area contributed by atoms with Crippen molar-refractivity contribution in [3.8, 4) is 5.75 Å². The van der Waals surface area contributed by atoms with Gasteiger partial charge in [-0.3, -0.25) is 4.79 Å². The molecule has 0 aliphatic carbocycles. The number of rotatable bonds is 14. The van der Waals surface area contributed by atoms with E-state index < -0.39 is 0 Å². The Morgan fingerprint density at radius 1 is 1.10 bits per heavy atom. The van der Waals surface area contributed by atoms with Gasteiger partial charge < -0.3 is 24.8 Å². The van der Waals surface area contributed by atoms with Gasteiger partial charge in [0, 0.05) is 31.7 Å². The van der Waals surface area contributed by atoms with Crippen molar-refractivity contribution in [1.82, 2.24) is 10.6 Å². The first-order chi connectivity index (χ1) is 14.1. The topological polar surface area (TPSA) is 81.2 Å². The molecule has 0 radical (unpaired) electrons. The van der Waals surface area contributed by atoms with Crippen LogP contribution in [0.3, 0.4) is 0 Å². The molecule has 0 aliphatic rings. The van der Waals surface area contributed by atoms with Gasteiger partial charge in [0.2, 0.25) is 0 Å². The minimum absolute atomic E-state index is 0. The maximum absolute atomic E-state index is 11.1. The summed E-state index contributed by atoms with van der Waals surface area (Å²) in [5.74, 6) is 1.48. The molecule has 7 nitrogen and oxygen atoms in total. The number of hydrogen-bond acceptors (Lipinski definition) is 5. The van der Waals surface area contributed by atoms with Gasteiger partial charge in [-0.05, 0) is 45.2 Å². The van der Waals surface area contributed by atoms with Crippen molar-refractivity contribution in [3.05, 3.63) is 29.3 Å². The number of methoxy groups -OCH3 is 1. The molecule has 0 heterocycles. The summed E-state index contributed by atoms with van der Waals surface area (Å²) in [6, 6.07) is 6.17. The van der Waals surface area contributed by atoms with Crippen LogP contribution in [0.5, 0.6) is 5.75 Å². The Kier molecular flexibility index (Phi) is 17.3. The highest BCUT2D eigenvalue weighted by molar-refractivity contribution is 14.0. The van der Waals surface area contributed by atoms with Gasteiger partial charge in [-0.15, -0.1) is 24.0 Å². The highest BCUT2D eigenvalue weighted by Gasteiger charge is 2.06. The van der Waals surface area contributed by atoms with Crippen LogP contribution >= 0.6 is 24.0 Å². The summed E-state index contributed by atoms with van der Waals surface area (Å²) in [5.41, 5.74) is 2.20. The number of guanidine groups is 1. The molecule has 0 unspecified atom stereocenters. The molecule has 0 spiro atoms. The van der Waals surface area contributed by atoms with Gasteiger partial charge in [0.15, 0.2) is 5.96 Å². The molecule has 0 amide bonds. The smallest absolute Gasteiger partial charge is 0.305 e. The van der Waals surface area contributed by atoms with E-state index in [0.29, 0.717) is 32.8 Å². The Morgan fingerprint density at radius 2 is 1.90 bits per heavy atom. The first-order valence-corrected chi connectivity index (χ1v) is 10.5. The molecule has 0 bridgehead atoms. The van der Waals surface area contributed by atoms with Crippen molar-refractivity contribution >= 4 is 35.9 Å². The predicted octanol–water partition coefficient (Wildman–Crippen LogP) is 3.82. The second kappa shape index (κ2) is 18.2. The lowest BCUT2D eigenvalue weighted by Crippen LogP contribution is -2.37. The van der Waals surface area contributed by atoms with Crippen molar-refractivity contribution < 1.29 is 19.0 Å². The number of carbonyl (C=O) groups excluding carboxylic acids is 1. The van der Waals surface area contributed by atoms with E-state index >= 15 is 0 Å². The van der Waals surface area contributed by atoms with E-state index in [1.807, 2.05) is 26.8 Å². The van der Waals surface area contributed by atoms with Crippen LogP contribution in [-0.4, -0.2) is 51.9 Å². The van der Waals surface area contributed by atoms with Crippen LogP contribution in [0, 0.1) is 6.92 Å². The fourth-order valence-corrected chi connectivity index (χ4v) is 2.67. The number of benzene rings is 1. The molecule has 1 aromatic carbocycles. The lowest BCUT2D eigenvalue weighted by atomic mass is 10.1. The van der Waals surface area contributed by atoms with Crippen molar-refractivity contribution in [2.45, 2.75) is 53.0 Å². The van der Waals surface area contributed by atoms with Crippen LogP contribution in [0.1, 0.15) is 50.7 Å². The summed E-state index contributed by atoms with van der Waals surface area (Å²) >= 11 is 0. The third-order valence-electron chi connectivity index (χ3n) is 4.24. The van der Waals surface area contributed by atoms with E-state index in [2.05, 4.69) is 32.5 Å². The summed E-state index contributed by atoms with van der Waals surface area (Å²) in [7, 11) is 1.42. The molecule has 2 N–H and O–H groups in total. The zero-order valence-electron chi connectivity index (χ0n) is 18.8. The van der Waals surface area contributed by atoms with Crippen molar-refractivity contribution in [2.75, 3.05) is 40.0 Å². The van der Waals surface area contributed by atoms with Crippen LogP contribution in [0.25, 0.3) is 0 Å². The van der Waals surface area contributed by atoms with E-state index in [0.717, 1.165) is 55.2 Å². The monoisotopic (exact) mass is 535 g/mol. The Bertz CT molecular complexity index is 626. The number of aryl methyl sites for hydroxylation is 1. The van der Waals surface area contributed by atoms with Gasteiger partial charge in [-0.2, -0.15) is 0 Å². The van der Waals surface area contributed by atoms with E-state index in [4.69, 9.17) is 9.47 Å². The molecule has 0 saturated carbocycles. The van der Waals surface area contributed by atoms with Crippen molar-refractivity contribution in [3.63, 3.8) is 0 Å². The molecule has 8 heteroatoms. The van der Waals surface area contributed by atoms with E-state index in [1.165, 1.54) is 7.11 Å². The lowest BCUT2D eigenvalue weighted by Gasteiger charge is -2.14. The van der Waals surface area contributed by atoms with Crippen molar-refractivity contribution in [1.29, 1.82) is 0 Å². The average Bonchev–Trinajstić information content (AvgIpc) is 2.72. The Labute approximate surface area is 198 Å². The second-order valence-electron chi connectivity index (χ2n) is 6.67. The number of aliphatic imine (C=N–C) groups is 1. The quantitative estimate of drug-likeness (QED) is 0.124. The third-order valence-corrected chi connectivity index (χ3v) is 4.24. The third kappa shape index (κ3) is 12.9. The number of hydrogen-bond donors (Lipinski definition) is 2. The van der Waals surface area contributed by atoms with Crippen LogP contribution in [0.4, 0.5) is 0 Å². The summed E-state index contributed by atoms with van der Waals surface area (Å²) in [6.07, 6.45) is 3.26. The van der Waals surface area contributed by atoms with Crippen LogP contribution in [0.2, 0.25) is 0 Å². The van der Waals surface area contributed by atoms with Gasteiger partial charge >= 0.3 is 5.97 Å². The molecule has 0 fully saturated rings. The van der Waals surface area contributed by atoms with Gasteiger partial charge in [0.1, 0.15) is 12.4 Å².